The summed E-state index contributed by atoms with van der Waals surface area (Å²) in [6.07, 6.45) is 15.7. The topological polar surface area (TPSA) is 73.2 Å². The van der Waals surface area contributed by atoms with Crippen molar-refractivity contribution >= 4 is 11.9 Å². The second kappa shape index (κ2) is 11.3. The number of aromatic nitrogens is 2. The predicted octanol–water partition coefficient (Wildman–Crippen LogP) is 6.06. The molecule has 1 heterocycles. The van der Waals surface area contributed by atoms with E-state index in [-0.39, 0.29) is 47.4 Å². The van der Waals surface area contributed by atoms with Gasteiger partial charge in [0.05, 0.1) is 18.6 Å². The molecule has 1 aromatic heterocycles. The molecule has 0 aliphatic heterocycles. The van der Waals surface area contributed by atoms with Crippen LogP contribution in [-0.2, 0) is 22.4 Å². The molecule has 4 aliphatic rings. The summed E-state index contributed by atoms with van der Waals surface area (Å²) in [4.78, 5) is 26.8. The number of hydrogen-bond donors (Lipinski definition) is 1. The minimum Gasteiger partial charge on any atom is -0.466 e. The molecule has 208 valence electrons. The molecule has 2 aromatic rings. The minimum absolute atomic E-state index is 0.122. The lowest BCUT2D eigenvalue weighted by molar-refractivity contribution is -0.149. The van der Waals surface area contributed by atoms with Gasteiger partial charge in [-0.15, -0.1) is 0 Å². The van der Waals surface area contributed by atoms with Crippen molar-refractivity contribution in [2.45, 2.75) is 95.6 Å². The maximum absolute atomic E-state index is 14.0. The third-order valence-electron chi connectivity index (χ3n) is 9.51. The predicted molar refractivity (Wildman–Crippen MR) is 147 cm³/mol. The lowest BCUT2D eigenvalue weighted by Crippen LogP contribution is -2.46. The van der Waals surface area contributed by atoms with Crippen molar-refractivity contribution in [3.8, 4) is 0 Å². The van der Waals surface area contributed by atoms with E-state index in [9.17, 15) is 14.0 Å². The summed E-state index contributed by atoms with van der Waals surface area (Å²) in [6, 6.07) is 6.88. The first kappa shape index (κ1) is 26.3. The number of nitrogens with one attached hydrogen (secondary N) is 1. The highest BCUT2D eigenvalue weighted by Crippen LogP contribution is 2.45. The summed E-state index contributed by atoms with van der Waals surface area (Å²) in [5.74, 6) is -0.428. The first-order valence-corrected chi connectivity index (χ1v) is 15.0. The third-order valence-corrected chi connectivity index (χ3v) is 9.51. The van der Waals surface area contributed by atoms with E-state index in [0.717, 1.165) is 62.5 Å². The average Bonchev–Trinajstić information content (AvgIpc) is 3.62. The molecule has 5 atom stereocenters. The molecule has 0 spiro atoms. The average molecular weight is 534 g/mol. The van der Waals surface area contributed by atoms with Crippen molar-refractivity contribution in [2.75, 3.05) is 6.61 Å². The molecular formula is C32H40FN3O3. The Morgan fingerprint density at radius 3 is 2.54 bits per heavy atom. The van der Waals surface area contributed by atoms with Crippen LogP contribution in [0.3, 0.4) is 0 Å². The van der Waals surface area contributed by atoms with Gasteiger partial charge in [-0.1, -0.05) is 50.0 Å². The number of carbonyl (C=O) groups excluding carboxylic acids is 2. The van der Waals surface area contributed by atoms with Crippen molar-refractivity contribution in [3.63, 3.8) is 0 Å². The number of halogens is 1. The summed E-state index contributed by atoms with van der Waals surface area (Å²) in [7, 11) is 0. The molecule has 1 N–H and O–H groups in total. The molecule has 2 bridgehead atoms. The Balaban J connectivity index is 1.34. The Morgan fingerprint density at radius 2 is 1.77 bits per heavy atom. The number of nitrogens with zero attached hydrogens (tertiary/aromatic N) is 2. The number of carbonyl (C=O) groups is 2. The zero-order chi connectivity index (χ0) is 26.9. The summed E-state index contributed by atoms with van der Waals surface area (Å²) >= 11 is 0. The number of benzene rings is 1. The van der Waals surface area contributed by atoms with Gasteiger partial charge in [0.15, 0.2) is 5.69 Å². The largest absolute Gasteiger partial charge is 0.466 e. The third kappa shape index (κ3) is 5.17. The SMILES string of the molecule is CCOC(=O)C1C2C=CC(C2)C1NC(=O)c1nn(C2CCCCC2)c2c1CCCCC2Cc1ccc(F)cc1. The van der Waals surface area contributed by atoms with Crippen LogP contribution in [0.5, 0.6) is 0 Å². The van der Waals surface area contributed by atoms with Crippen molar-refractivity contribution < 1.29 is 18.7 Å². The molecule has 6 rings (SSSR count). The highest BCUT2D eigenvalue weighted by molar-refractivity contribution is 5.95. The summed E-state index contributed by atoms with van der Waals surface area (Å²) < 4.78 is 21.2. The van der Waals surface area contributed by atoms with E-state index in [1.807, 2.05) is 19.1 Å². The monoisotopic (exact) mass is 533 g/mol. The zero-order valence-electron chi connectivity index (χ0n) is 22.9. The number of ether oxygens (including phenoxy) is 1. The van der Waals surface area contributed by atoms with Crippen LogP contribution in [0.25, 0.3) is 0 Å². The Kier molecular flexibility index (Phi) is 7.59. The molecular weight excluding hydrogens is 493 g/mol. The quantitative estimate of drug-likeness (QED) is 0.267. The van der Waals surface area contributed by atoms with Crippen LogP contribution in [0.4, 0.5) is 4.39 Å². The second-order valence-electron chi connectivity index (χ2n) is 11.9. The van der Waals surface area contributed by atoms with E-state index >= 15 is 0 Å². The fraction of sp³-hybridized carbons (Fsp3) is 0.594. The van der Waals surface area contributed by atoms with Gasteiger partial charge in [0, 0.05) is 23.2 Å². The van der Waals surface area contributed by atoms with Crippen LogP contribution in [0.1, 0.15) is 104 Å². The van der Waals surface area contributed by atoms with Crippen LogP contribution >= 0.6 is 0 Å². The van der Waals surface area contributed by atoms with E-state index in [4.69, 9.17) is 9.84 Å². The number of esters is 1. The highest BCUT2D eigenvalue weighted by atomic mass is 19.1. The maximum atomic E-state index is 14.0. The van der Waals surface area contributed by atoms with Gasteiger partial charge in [-0.2, -0.15) is 5.10 Å². The summed E-state index contributed by atoms with van der Waals surface area (Å²) in [6.45, 7) is 2.16. The van der Waals surface area contributed by atoms with E-state index in [1.165, 1.54) is 37.1 Å². The van der Waals surface area contributed by atoms with Gasteiger partial charge in [0.1, 0.15) is 5.82 Å². The Hall–Kier alpha value is -2.96. The molecule has 1 aromatic carbocycles. The minimum atomic E-state index is -0.339. The van der Waals surface area contributed by atoms with Gasteiger partial charge in [-0.25, -0.2) is 4.39 Å². The fourth-order valence-corrected chi connectivity index (χ4v) is 7.68. The fourth-order valence-electron chi connectivity index (χ4n) is 7.68. The number of hydrogen-bond acceptors (Lipinski definition) is 4. The van der Waals surface area contributed by atoms with E-state index in [2.05, 4.69) is 22.2 Å². The second-order valence-corrected chi connectivity index (χ2v) is 11.9. The van der Waals surface area contributed by atoms with Crippen molar-refractivity contribution in [1.82, 2.24) is 15.1 Å². The van der Waals surface area contributed by atoms with Crippen molar-refractivity contribution in [3.05, 3.63) is 64.7 Å². The van der Waals surface area contributed by atoms with Crippen molar-refractivity contribution in [2.24, 2.45) is 17.8 Å². The lowest BCUT2D eigenvalue weighted by atomic mass is 9.88. The standard InChI is InChI=1S/C32H40FN3O3/c1-2-39-32(38)27-21-14-15-22(19-21)28(27)34-31(37)29-26-11-7-6-8-23(18-20-12-16-24(33)17-13-20)30(26)36(35-29)25-9-4-3-5-10-25/h12-17,21-23,25,27-28H,2-11,18-19H2,1H3,(H,34,37). The van der Waals surface area contributed by atoms with Gasteiger partial charge in [-0.05, 0) is 81.4 Å². The van der Waals surface area contributed by atoms with E-state index < -0.39 is 0 Å². The van der Waals surface area contributed by atoms with Crippen LogP contribution in [0.2, 0.25) is 0 Å². The van der Waals surface area contributed by atoms with Gasteiger partial charge < -0.3 is 10.1 Å². The van der Waals surface area contributed by atoms with Crippen LogP contribution < -0.4 is 5.32 Å². The smallest absolute Gasteiger partial charge is 0.311 e. The molecule has 0 radical (unpaired) electrons. The normalized spacial score (nSPS) is 28.2. The van der Waals surface area contributed by atoms with E-state index in [0.29, 0.717) is 18.3 Å². The van der Waals surface area contributed by atoms with Gasteiger partial charge in [0.25, 0.3) is 5.91 Å². The van der Waals surface area contributed by atoms with Gasteiger partial charge >= 0.3 is 5.97 Å². The number of fused-ring (bicyclic) bond motifs is 3. The Labute approximate surface area is 230 Å². The lowest BCUT2D eigenvalue weighted by Gasteiger charge is -2.27. The molecule has 0 saturated heterocycles. The zero-order valence-corrected chi connectivity index (χ0v) is 22.9. The Bertz CT molecular complexity index is 1230. The molecule has 6 nitrogen and oxygen atoms in total. The van der Waals surface area contributed by atoms with Gasteiger partial charge in [0.2, 0.25) is 0 Å². The first-order valence-electron chi connectivity index (χ1n) is 15.0. The molecule has 2 fully saturated rings. The molecule has 5 unspecified atom stereocenters. The molecule has 4 aliphatic carbocycles. The van der Waals surface area contributed by atoms with Gasteiger partial charge in [-0.3, -0.25) is 14.3 Å². The molecule has 39 heavy (non-hydrogen) atoms. The maximum Gasteiger partial charge on any atom is 0.311 e. The molecule has 7 heteroatoms. The Morgan fingerprint density at radius 1 is 1.03 bits per heavy atom. The molecule has 1 amide bonds. The van der Waals surface area contributed by atoms with Crippen molar-refractivity contribution in [1.29, 1.82) is 0 Å². The summed E-state index contributed by atoms with van der Waals surface area (Å²) in [5, 5.41) is 8.35. The first-order chi connectivity index (χ1) is 19.0. The molecule has 2 saturated carbocycles. The number of allylic oxidation sites excluding steroid dienone is 1. The van der Waals surface area contributed by atoms with Crippen LogP contribution in [0, 0.1) is 23.6 Å². The van der Waals surface area contributed by atoms with E-state index in [1.54, 1.807) is 0 Å². The number of rotatable bonds is 7. The van der Waals surface area contributed by atoms with Crippen LogP contribution in [0.15, 0.2) is 36.4 Å². The number of amides is 1. The summed E-state index contributed by atoms with van der Waals surface area (Å²) in [5.41, 5.74) is 3.94. The highest BCUT2D eigenvalue weighted by Gasteiger charge is 2.50. The van der Waals surface area contributed by atoms with Crippen LogP contribution in [-0.4, -0.2) is 34.3 Å².